The summed E-state index contributed by atoms with van der Waals surface area (Å²) in [5.41, 5.74) is 4.21. The van der Waals surface area contributed by atoms with Crippen molar-refractivity contribution in [3.05, 3.63) is 23.8 Å². The maximum atomic E-state index is 11.9. The van der Waals surface area contributed by atoms with E-state index in [2.05, 4.69) is 10.5 Å². The van der Waals surface area contributed by atoms with E-state index in [1.54, 1.807) is 0 Å². The maximum Gasteiger partial charge on any atom is 0.254 e. The molecule has 1 aromatic rings. The van der Waals surface area contributed by atoms with E-state index in [0.717, 1.165) is 30.1 Å². The van der Waals surface area contributed by atoms with Crippen LogP contribution < -0.4 is 14.9 Å². The van der Waals surface area contributed by atoms with Crippen LogP contribution >= 0.6 is 0 Å². The minimum atomic E-state index is -0.121. The average Bonchev–Trinajstić information content (AvgIpc) is 2.60. The number of nitrogens with one attached hydrogen (secondary N) is 1. The van der Waals surface area contributed by atoms with Crippen LogP contribution in [0.3, 0.4) is 0 Å². The SMILES string of the molecule is CC(=NNC(=O)CN1CCOCC1)c1ccc2c(c1)OCCO2. The molecule has 1 amide bonds. The highest BCUT2D eigenvalue weighted by Gasteiger charge is 2.15. The molecule has 0 unspecified atom stereocenters. The maximum absolute atomic E-state index is 11.9. The van der Waals surface area contributed by atoms with Gasteiger partial charge in [0.05, 0.1) is 25.5 Å². The second-order valence-corrected chi connectivity index (χ2v) is 5.48. The number of ether oxygens (including phenoxy) is 3. The van der Waals surface area contributed by atoms with Gasteiger partial charge in [0.1, 0.15) is 13.2 Å². The summed E-state index contributed by atoms with van der Waals surface area (Å²) in [5.74, 6) is 1.33. The van der Waals surface area contributed by atoms with Crippen LogP contribution in [0.4, 0.5) is 0 Å². The Morgan fingerprint density at radius 3 is 2.70 bits per heavy atom. The first-order chi connectivity index (χ1) is 11.2. The monoisotopic (exact) mass is 319 g/mol. The smallest absolute Gasteiger partial charge is 0.254 e. The molecule has 7 nitrogen and oxygen atoms in total. The lowest BCUT2D eigenvalue weighted by Crippen LogP contribution is -2.42. The second kappa shape index (κ2) is 7.43. The summed E-state index contributed by atoms with van der Waals surface area (Å²) in [6.45, 7) is 6.19. The normalized spacial score (nSPS) is 18.6. The van der Waals surface area contributed by atoms with Crippen LogP contribution in [-0.2, 0) is 9.53 Å². The number of benzene rings is 1. The van der Waals surface area contributed by atoms with Crippen LogP contribution in [0.1, 0.15) is 12.5 Å². The number of carbonyl (C=O) groups excluding carboxylic acids is 1. The zero-order chi connectivity index (χ0) is 16.1. The molecule has 23 heavy (non-hydrogen) atoms. The summed E-state index contributed by atoms with van der Waals surface area (Å²) in [5, 5.41) is 4.17. The third kappa shape index (κ3) is 4.20. The van der Waals surface area contributed by atoms with Gasteiger partial charge in [0.2, 0.25) is 0 Å². The lowest BCUT2D eigenvalue weighted by Gasteiger charge is -2.25. The molecule has 3 rings (SSSR count). The fourth-order valence-electron chi connectivity index (χ4n) is 2.48. The number of carbonyl (C=O) groups is 1. The van der Waals surface area contributed by atoms with Gasteiger partial charge in [-0.2, -0.15) is 5.10 Å². The Kier molecular flexibility index (Phi) is 5.09. The van der Waals surface area contributed by atoms with Crippen LogP contribution in [-0.4, -0.2) is 62.6 Å². The van der Waals surface area contributed by atoms with Gasteiger partial charge in [0, 0.05) is 18.7 Å². The van der Waals surface area contributed by atoms with Gasteiger partial charge in [-0.3, -0.25) is 9.69 Å². The Morgan fingerprint density at radius 1 is 1.17 bits per heavy atom. The molecule has 0 radical (unpaired) electrons. The first-order valence-electron chi connectivity index (χ1n) is 7.75. The fourth-order valence-corrected chi connectivity index (χ4v) is 2.48. The van der Waals surface area contributed by atoms with Crippen molar-refractivity contribution >= 4 is 11.6 Å². The first-order valence-corrected chi connectivity index (χ1v) is 7.75. The van der Waals surface area contributed by atoms with Crippen LogP contribution in [0.25, 0.3) is 0 Å². The van der Waals surface area contributed by atoms with E-state index in [1.807, 2.05) is 30.0 Å². The van der Waals surface area contributed by atoms with Gasteiger partial charge in [0.25, 0.3) is 5.91 Å². The fraction of sp³-hybridized carbons (Fsp3) is 0.500. The van der Waals surface area contributed by atoms with Gasteiger partial charge in [-0.25, -0.2) is 5.43 Å². The van der Waals surface area contributed by atoms with E-state index in [-0.39, 0.29) is 5.91 Å². The van der Waals surface area contributed by atoms with Crippen LogP contribution in [0.15, 0.2) is 23.3 Å². The Bertz CT molecular complexity index is 597. The lowest BCUT2D eigenvalue weighted by molar-refractivity contribution is -0.123. The molecular weight excluding hydrogens is 298 g/mol. The van der Waals surface area contributed by atoms with Crippen LogP contribution in [0.5, 0.6) is 11.5 Å². The highest BCUT2D eigenvalue weighted by molar-refractivity contribution is 5.99. The number of hydrogen-bond donors (Lipinski definition) is 1. The van der Waals surface area contributed by atoms with Crippen molar-refractivity contribution < 1.29 is 19.0 Å². The summed E-state index contributed by atoms with van der Waals surface area (Å²) in [6, 6.07) is 5.64. The number of nitrogens with zero attached hydrogens (tertiary/aromatic N) is 2. The zero-order valence-corrected chi connectivity index (χ0v) is 13.2. The number of hydrogen-bond acceptors (Lipinski definition) is 6. The van der Waals surface area contributed by atoms with Crippen molar-refractivity contribution in [1.82, 2.24) is 10.3 Å². The molecule has 0 aliphatic carbocycles. The molecule has 2 aliphatic rings. The lowest BCUT2D eigenvalue weighted by atomic mass is 10.1. The number of rotatable bonds is 4. The highest BCUT2D eigenvalue weighted by Crippen LogP contribution is 2.30. The van der Waals surface area contributed by atoms with E-state index in [9.17, 15) is 4.79 Å². The van der Waals surface area contributed by atoms with Gasteiger partial charge in [-0.05, 0) is 25.1 Å². The molecular formula is C16H21N3O4. The van der Waals surface area contributed by atoms with Gasteiger partial charge >= 0.3 is 0 Å². The topological polar surface area (TPSA) is 72.4 Å². The third-order valence-electron chi connectivity index (χ3n) is 3.78. The van der Waals surface area contributed by atoms with E-state index in [4.69, 9.17) is 14.2 Å². The molecule has 1 aromatic carbocycles. The Morgan fingerprint density at radius 2 is 1.91 bits per heavy atom. The average molecular weight is 319 g/mol. The van der Waals surface area contributed by atoms with Gasteiger partial charge in [0.15, 0.2) is 11.5 Å². The first kappa shape index (κ1) is 15.8. The quantitative estimate of drug-likeness (QED) is 0.651. The third-order valence-corrected chi connectivity index (χ3v) is 3.78. The molecule has 1 fully saturated rings. The number of fused-ring (bicyclic) bond motifs is 1. The molecule has 0 spiro atoms. The second-order valence-electron chi connectivity index (χ2n) is 5.48. The molecule has 1 N–H and O–H groups in total. The minimum Gasteiger partial charge on any atom is -0.486 e. The van der Waals surface area contributed by atoms with Gasteiger partial charge < -0.3 is 14.2 Å². The summed E-state index contributed by atoms with van der Waals surface area (Å²) in [4.78, 5) is 14.0. The molecule has 0 bridgehead atoms. The Hall–Kier alpha value is -2.12. The van der Waals surface area contributed by atoms with Crippen molar-refractivity contribution in [2.75, 3.05) is 46.1 Å². The molecule has 7 heteroatoms. The molecule has 2 aliphatic heterocycles. The number of amides is 1. The molecule has 0 atom stereocenters. The molecule has 1 saturated heterocycles. The minimum absolute atomic E-state index is 0.121. The van der Waals surface area contributed by atoms with E-state index < -0.39 is 0 Å². The van der Waals surface area contributed by atoms with E-state index >= 15 is 0 Å². The van der Waals surface area contributed by atoms with Crippen molar-refractivity contribution in [3.63, 3.8) is 0 Å². The largest absolute Gasteiger partial charge is 0.486 e. The summed E-state index contributed by atoms with van der Waals surface area (Å²) >= 11 is 0. The predicted molar refractivity (Wildman–Crippen MR) is 85.0 cm³/mol. The summed E-state index contributed by atoms with van der Waals surface area (Å²) in [6.07, 6.45) is 0. The Balaban J connectivity index is 1.57. The number of morpholine rings is 1. The van der Waals surface area contributed by atoms with Crippen LogP contribution in [0.2, 0.25) is 0 Å². The molecule has 124 valence electrons. The van der Waals surface area contributed by atoms with Crippen LogP contribution in [0, 0.1) is 0 Å². The molecule has 0 saturated carbocycles. The summed E-state index contributed by atoms with van der Waals surface area (Å²) in [7, 11) is 0. The van der Waals surface area contributed by atoms with Crippen molar-refractivity contribution in [3.8, 4) is 11.5 Å². The summed E-state index contributed by atoms with van der Waals surface area (Å²) < 4.78 is 16.3. The molecule has 2 heterocycles. The van der Waals surface area contributed by atoms with E-state index in [1.165, 1.54) is 0 Å². The van der Waals surface area contributed by atoms with Crippen molar-refractivity contribution in [2.24, 2.45) is 5.10 Å². The number of hydrazone groups is 1. The van der Waals surface area contributed by atoms with Crippen molar-refractivity contribution in [2.45, 2.75) is 6.92 Å². The Labute approximate surface area is 135 Å². The standard InChI is InChI=1S/C16H21N3O4/c1-12(13-2-3-14-15(10-13)23-9-8-22-14)17-18-16(20)11-19-4-6-21-7-5-19/h2-3,10H,4-9,11H2,1H3,(H,18,20). The van der Waals surface area contributed by atoms with Gasteiger partial charge in [-0.1, -0.05) is 0 Å². The zero-order valence-electron chi connectivity index (χ0n) is 13.2. The molecule has 0 aromatic heterocycles. The van der Waals surface area contributed by atoms with Gasteiger partial charge in [-0.15, -0.1) is 0 Å². The van der Waals surface area contributed by atoms with E-state index in [0.29, 0.717) is 38.7 Å². The highest BCUT2D eigenvalue weighted by atomic mass is 16.6. The van der Waals surface area contributed by atoms with Crippen molar-refractivity contribution in [1.29, 1.82) is 0 Å². The predicted octanol–water partition coefficient (Wildman–Crippen LogP) is 0.630.